The summed E-state index contributed by atoms with van der Waals surface area (Å²) in [4.78, 5) is 39.2. The van der Waals surface area contributed by atoms with Crippen LogP contribution in [0.5, 0.6) is 5.75 Å². The SMILES string of the molecule is [2H]C(C(N)=O)(c1ccccc1OCCCCCC(=O)NO)N(C(=O)c1ccc(-c2ccccc2)cc1)C1CC1. The summed E-state index contributed by atoms with van der Waals surface area (Å²) in [6.45, 7) is 0.283. The van der Waals surface area contributed by atoms with Crippen molar-refractivity contribution >= 4 is 17.7 Å². The number of hydrogen-bond acceptors (Lipinski definition) is 5. The summed E-state index contributed by atoms with van der Waals surface area (Å²) >= 11 is 0. The van der Waals surface area contributed by atoms with E-state index in [0.717, 1.165) is 11.1 Å². The molecule has 0 aromatic heterocycles. The summed E-state index contributed by atoms with van der Waals surface area (Å²) in [5.41, 5.74) is 10.0. The topological polar surface area (TPSA) is 122 Å². The molecule has 1 unspecified atom stereocenters. The highest BCUT2D eigenvalue weighted by Crippen LogP contribution is 2.39. The molecule has 1 atom stereocenters. The van der Waals surface area contributed by atoms with E-state index in [1.165, 1.54) is 4.90 Å². The molecule has 198 valence electrons. The lowest BCUT2D eigenvalue weighted by molar-refractivity contribution is -0.129. The van der Waals surface area contributed by atoms with Crippen LogP contribution < -0.4 is 16.0 Å². The van der Waals surface area contributed by atoms with E-state index in [-0.39, 0.29) is 24.6 Å². The van der Waals surface area contributed by atoms with Gasteiger partial charge in [0.25, 0.3) is 5.91 Å². The lowest BCUT2D eigenvalue weighted by Crippen LogP contribution is -2.43. The van der Waals surface area contributed by atoms with Crippen molar-refractivity contribution in [1.29, 1.82) is 0 Å². The number of hydrogen-bond donors (Lipinski definition) is 3. The van der Waals surface area contributed by atoms with Crippen LogP contribution in [0.25, 0.3) is 11.1 Å². The van der Waals surface area contributed by atoms with Crippen LogP contribution in [-0.4, -0.2) is 40.5 Å². The molecule has 1 saturated carbocycles. The second-order valence-electron chi connectivity index (χ2n) is 9.25. The minimum atomic E-state index is -2.17. The van der Waals surface area contributed by atoms with Crippen molar-refractivity contribution in [3.8, 4) is 16.9 Å². The van der Waals surface area contributed by atoms with E-state index >= 15 is 0 Å². The predicted molar refractivity (Wildman–Crippen MR) is 143 cm³/mol. The molecule has 0 aliphatic heterocycles. The first kappa shape index (κ1) is 25.5. The van der Waals surface area contributed by atoms with Gasteiger partial charge in [0.05, 0.1) is 7.98 Å². The Morgan fingerprint density at radius 3 is 2.26 bits per heavy atom. The third-order valence-electron chi connectivity index (χ3n) is 6.42. The molecule has 0 spiro atoms. The molecule has 0 heterocycles. The third-order valence-corrected chi connectivity index (χ3v) is 6.42. The summed E-state index contributed by atoms with van der Waals surface area (Å²) in [7, 11) is 0. The molecule has 8 heteroatoms. The Morgan fingerprint density at radius 2 is 1.61 bits per heavy atom. The van der Waals surface area contributed by atoms with E-state index in [2.05, 4.69) is 0 Å². The van der Waals surface area contributed by atoms with Crippen LogP contribution in [0.4, 0.5) is 0 Å². The highest BCUT2D eigenvalue weighted by molar-refractivity contribution is 5.98. The maximum atomic E-state index is 13.8. The van der Waals surface area contributed by atoms with E-state index in [9.17, 15) is 15.8 Å². The van der Waals surface area contributed by atoms with Gasteiger partial charge in [-0.15, -0.1) is 0 Å². The maximum absolute atomic E-state index is 13.8. The first-order chi connectivity index (χ1) is 18.9. The van der Waals surface area contributed by atoms with Crippen LogP contribution >= 0.6 is 0 Å². The number of carbonyl (C=O) groups is 3. The minimum Gasteiger partial charge on any atom is -0.493 e. The fourth-order valence-electron chi connectivity index (χ4n) is 4.33. The summed E-state index contributed by atoms with van der Waals surface area (Å²) in [6, 6.07) is 21.1. The molecule has 3 amide bonds. The average molecular weight is 517 g/mol. The first-order valence-corrected chi connectivity index (χ1v) is 12.8. The van der Waals surface area contributed by atoms with Gasteiger partial charge in [-0.3, -0.25) is 19.6 Å². The van der Waals surface area contributed by atoms with Gasteiger partial charge in [0.15, 0.2) is 0 Å². The molecule has 1 fully saturated rings. The molecule has 0 bridgehead atoms. The zero-order valence-corrected chi connectivity index (χ0v) is 21.1. The van der Waals surface area contributed by atoms with Crippen LogP contribution in [0, 0.1) is 0 Å². The lowest BCUT2D eigenvalue weighted by atomic mass is 10.00. The number of nitrogens with two attached hydrogens (primary N) is 1. The fourth-order valence-corrected chi connectivity index (χ4v) is 4.33. The van der Waals surface area contributed by atoms with Crippen molar-refractivity contribution in [3.05, 3.63) is 90.0 Å². The third kappa shape index (κ3) is 6.77. The second kappa shape index (κ2) is 12.9. The number of benzene rings is 3. The van der Waals surface area contributed by atoms with Crippen LogP contribution in [0.3, 0.4) is 0 Å². The van der Waals surface area contributed by atoms with Gasteiger partial charge in [-0.05, 0) is 61.4 Å². The van der Waals surface area contributed by atoms with Gasteiger partial charge in [0.1, 0.15) is 11.8 Å². The van der Waals surface area contributed by atoms with E-state index in [1.807, 2.05) is 42.5 Å². The van der Waals surface area contributed by atoms with Crippen molar-refractivity contribution in [2.75, 3.05) is 6.61 Å². The van der Waals surface area contributed by atoms with Crippen molar-refractivity contribution in [1.82, 2.24) is 10.4 Å². The molecule has 38 heavy (non-hydrogen) atoms. The Labute approximate surface area is 223 Å². The second-order valence-corrected chi connectivity index (χ2v) is 9.25. The van der Waals surface area contributed by atoms with E-state index in [4.69, 9.17) is 15.7 Å². The fraction of sp³-hybridized carbons (Fsp3) is 0.300. The van der Waals surface area contributed by atoms with Crippen LogP contribution in [0.2, 0.25) is 0 Å². The molecule has 4 rings (SSSR count). The molecule has 3 aromatic rings. The minimum absolute atomic E-state index is 0.204. The molecule has 0 radical (unpaired) electrons. The Balaban J connectivity index is 1.56. The van der Waals surface area contributed by atoms with Crippen molar-refractivity contribution in [2.24, 2.45) is 5.73 Å². The number of carbonyl (C=O) groups excluding carboxylic acids is 3. The molecule has 0 saturated heterocycles. The van der Waals surface area contributed by atoms with Gasteiger partial charge in [0.2, 0.25) is 11.8 Å². The van der Waals surface area contributed by atoms with Gasteiger partial charge in [-0.2, -0.15) is 0 Å². The number of hydroxylamine groups is 1. The van der Waals surface area contributed by atoms with E-state index < -0.39 is 23.7 Å². The molecule has 8 nitrogen and oxygen atoms in total. The Kier molecular flexibility index (Phi) is 8.63. The Morgan fingerprint density at radius 1 is 0.947 bits per heavy atom. The molecule has 4 N–H and O–H groups in total. The Hall–Kier alpha value is -4.17. The number of nitrogens with one attached hydrogen (secondary N) is 1. The normalized spacial score (nSPS) is 14.6. The van der Waals surface area contributed by atoms with Gasteiger partial charge in [0, 0.05) is 23.6 Å². The first-order valence-electron chi connectivity index (χ1n) is 13.3. The van der Waals surface area contributed by atoms with Gasteiger partial charge in [-0.1, -0.05) is 60.7 Å². The summed E-state index contributed by atoms with van der Waals surface area (Å²) < 4.78 is 15.3. The molecule has 1 aliphatic carbocycles. The van der Waals surface area contributed by atoms with E-state index in [1.54, 1.807) is 41.9 Å². The molecule has 3 aromatic carbocycles. The number of unbranched alkanes of at least 4 members (excludes halogenated alkanes) is 2. The highest BCUT2D eigenvalue weighted by Gasteiger charge is 2.42. The van der Waals surface area contributed by atoms with Crippen LogP contribution in [0.1, 0.15) is 61.8 Å². The van der Waals surface area contributed by atoms with Crippen molar-refractivity contribution in [2.45, 2.75) is 50.6 Å². The number of nitrogens with zero attached hydrogens (tertiary/aromatic N) is 1. The van der Waals surface area contributed by atoms with Gasteiger partial charge < -0.3 is 15.4 Å². The number of ether oxygens (including phenoxy) is 1. The number of rotatable bonds is 13. The van der Waals surface area contributed by atoms with E-state index in [0.29, 0.717) is 43.4 Å². The van der Waals surface area contributed by atoms with Gasteiger partial charge >= 0.3 is 0 Å². The zero-order chi connectivity index (χ0) is 27.8. The smallest absolute Gasteiger partial charge is 0.255 e. The Bertz CT molecular complexity index is 1300. The average Bonchev–Trinajstić information content (AvgIpc) is 3.80. The lowest BCUT2D eigenvalue weighted by Gasteiger charge is -2.31. The molecular formula is C30H33N3O5. The largest absolute Gasteiger partial charge is 0.493 e. The summed E-state index contributed by atoms with van der Waals surface area (Å²) in [5, 5.41) is 8.59. The zero-order valence-electron chi connectivity index (χ0n) is 22.1. The number of primary amides is 1. The number of para-hydroxylation sites is 1. The number of amides is 3. The van der Waals surface area contributed by atoms with Crippen LogP contribution in [0.15, 0.2) is 78.9 Å². The summed E-state index contributed by atoms with van der Waals surface area (Å²) in [6.07, 6.45) is 3.43. The maximum Gasteiger partial charge on any atom is 0.255 e. The quantitative estimate of drug-likeness (QED) is 0.174. The highest BCUT2D eigenvalue weighted by atomic mass is 16.5. The van der Waals surface area contributed by atoms with Crippen molar-refractivity contribution in [3.63, 3.8) is 0 Å². The molecular weight excluding hydrogens is 482 g/mol. The monoisotopic (exact) mass is 516 g/mol. The standard InChI is InChI=1S/C30H33N3O5/c31-29(35)28(25-11-6-7-12-26(25)38-20-8-2-5-13-27(34)32-37)33(24-18-19-24)30(36)23-16-14-22(15-17-23)21-9-3-1-4-10-21/h1,3-4,6-7,9-12,14-17,24,28,37H,2,5,8,13,18-20H2,(H2,31,35)(H,32,34)/i28D. The van der Waals surface area contributed by atoms with Crippen LogP contribution in [-0.2, 0) is 9.59 Å². The summed E-state index contributed by atoms with van der Waals surface area (Å²) in [5.74, 6) is -1.55. The van der Waals surface area contributed by atoms with Gasteiger partial charge in [-0.25, -0.2) is 5.48 Å². The predicted octanol–water partition coefficient (Wildman–Crippen LogP) is 4.63. The molecule has 1 aliphatic rings. The van der Waals surface area contributed by atoms with Crippen molar-refractivity contribution < 1.29 is 25.7 Å².